The molecular formula is C15H16FN3O5. The van der Waals surface area contributed by atoms with Crippen LogP contribution in [0.5, 0.6) is 0 Å². The number of benzene rings is 1. The predicted octanol–water partition coefficient (Wildman–Crippen LogP) is 1.37. The van der Waals surface area contributed by atoms with E-state index < -0.39 is 24.1 Å². The highest BCUT2D eigenvalue weighted by molar-refractivity contribution is 5.93. The SMILES string of the molecule is CC(=O)NCC1CN(c2cc(F)c3c(c2)COC(=O)N3C)C(=O)O1. The molecule has 2 heterocycles. The van der Waals surface area contributed by atoms with Crippen LogP contribution in [0, 0.1) is 5.82 Å². The van der Waals surface area contributed by atoms with E-state index in [0.717, 1.165) is 4.90 Å². The van der Waals surface area contributed by atoms with Crippen LogP contribution in [0.1, 0.15) is 12.5 Å². The van der Waals surface area contributed by atoms with Crippen molar-refractivity contribution in [2.24, 2.45) is 0 Å². The third kappa shape index (κ3) is 2.84. The number of nitrogens with one attached hydrogen (secondary N) is 1. The number of nitrogens with zero attached hydrogens (tertiary/aromatic N) is 2. The Bertz CT molecular complexity index is 723. The topological polar surface area (TPSA) is 88.2 Å². The number of anilines is 2. The highest BCUT2D eigenvalue weighted by Crippen LogP contribution is 2.34. The van der Waals surface area contributed by atoms with Crippen LogP contribution in [0.15, 0.2) is 12.1 Å². The lowest BCUT2D eigenvalue weighted by Crippen LogP contribution is -2.34. The number of carbonyl (C=O) groups excluding carboxylic acids is 3. The first-order chi connectivity index (χ1) is 11.4. The number of hydrogen-bond donors (Lipinski definition) is 1. The number of rotatable bonds is 3. The Morgan fingerprint density at radius 3 is 2.83 bits per heavy atom. The van der Waals surface area contributed by atoms with Crippen molar-refractivity contribution >= 4 is 29.5 Å². The van der Waals surface area contributed by atoms with E-state index in [1.165, 1.54) is 24.9 Å². The fourth-order valence-corrected chi connectivity index (χ4v) is 2.71. The van der Waals surface area contributed by atoms with Gasteiger partial charge in [-0.25, -0.2) is 14.0 Å². The molecule has 3 rings (SSSR count). The van der Waals surface area contributed by atoms with Crippen LogP contribution in [-0.4, -0.2) is 44.3 Å². The second kappa shape index (κ2) is 5.99. The van der Waals surface area contributed by atoms with Gasteiger partial charge in [-0.15, -0.1) is 0 Å². The molecule has 9 heteroatoms. The van der Waals surface area contributed by atoms with Crippen molar-refractivity contribution in [2.75, 3.05) is 29.9 Å². The molecule has 1 N–H and O–H groups in total. The maximum Gasteiger partial charge on any atom is 0.414 e. The number of hydrogen-bond acceptors (Lipinski definition) is 5. The molecule has 8 nitrogen and oxygen atoms in total. The zero-order valence-corrected chi connectivity index (χ0v) is 13.2. The summed E-state index contributed by atoms with van der Waals surface area (Å²) in [5.74, 6) is -0.853. The Morgan fingerprint density at radius 1 is 1.38 bits per heavy atom. The first-order valence-electron chi connectivity index (χ1n) is 7.32. The Kier molecular flexibility index (Phi) is 4.00. The summed E-state index contributed by atoms with van der Waals surface area (Å²) in [5, 5.41) is 2.57. The van der Waals surface area contributed by atoms with Crippen molar-refractivity contribution in [3.05, 3.63) is 23.5 Å². The average molecular weight is 337 g/mol. The number of carbonyl (C=O) groups is 3. The minimum atomic E-state index is -0.634. The van der Waals surface area contributed by atoms with Gasteiger partial charge in [0.15, 0.2) is 0 Å². The minimum absolute atomic E-state index is 0.0680. The van der Waals surface area contributed by atoms with Crippen molar-refractivity contribution in [1.82, 2.24) is 5.32 Å². The lowest BCUT2D eigenvalue weighted by Gasteiger charge is -2.27. The maximum absolute atomic E-state index is 14.4. The Morgan fingerprint density at radius 2 is 2.12 bits per heavy atom. The highest BCUT2D eigenvalue weighted by atomic mass is 19.1. The molecular weight excluding hydrogens is 321 g/mol. The van der Waals surface area contributed by atoms with Gasteiger partial charge < -0.3 is 14.8 Å². The minimum Gasteiger partial charge on any atom is -0.444 e. The molecule has 1 unspecified atom stereocenters. The van der Waals surface area contributed by atoms with Gasteiger partial charge in [0.05, 0.1) is 24.5 Å². The summed E-state index contributed by atoms with van der Waals surface area (Å²) in [6, 6.07) is 2.76. The average Bonchev–Trinajstić information content (AvgIpc) is 2.89. The van der Waals surface area contributed by atoms with Crippen molar-refractivity contribution in [3.63, 3.8) is 0 Å². The van der Waals surface area contributed by atoms with E-state index in [4.69, 9.17) is 9.47 Å². The number of fused-ring (bicyclic) bond motifs is 1. The second-order valence-corrected chi connectivity index (χ2v) is 5.60. The summed E-state index contributed by atoms with van der Waals surface area (Å²) in [7, 11) is 1.41. The van der Waals surface area contributed by atoms with Gasteiger partial charge in [-0.3, -0.25) is 14.6 Å². The molecule has 24 heavy (non-hydrogen) atoms. The molecule has 1 saturated heterocycles. The van der Waals surface area contributed by atoms with Crippen molar-refractivity contribution < 1.29 is 28.2 Å². The largest absolute Gasteiger partial charge is 0.444 e. The molecule has 0 saturated carbocycles. The zero-order chi connectivity index (χ0) is 17.4. The van der Waals surface area contributed by atoms with Crippen molar-refractivity contribution in [3.8, 4) is 0 Å². The third-order valence-corrected chi connectivity index (χ3v) is 3.85. The summed E-state index contributed by atoms with van der Waals surface area (Å²) in [6.45, 7) is 1.67. The van der Waals surface area contributed by atoms with Gasteiger partial charge in [-0.05, 0) is 12.1 Å². The number of cyclic esters (lactones) is 2. The molecule has 3 amide bonds. The second-order valence-electron chi connectivity index (χ2n) is 5.60. The molecule has 0 radical (unpaired) electrons. The fraction of sp³-hybridized carbons (Fsp3) is 0.400. The standard InChI is InChI=1S/C15H16FN3O5/c1-8(20)17-5-11-6-19(15(22)24-11)10-3-9-7-23-14(21)18(2)13(9)12(16)4-10/h3-4,11H,5-7H2,1-2H3,(H,17,20). The summed E-state index contributed by atoms with van der Waals surface area (Å²) < 4.78 is 24.5. The van der Waals surface area contributed by atoms with E-state index in [-0.39, 0.29) is 31.3 Å². The van der Waals surface area contributed by atoms with Crippen LogP contribution in [0.3, 0.4) is 0 Å². The number of amides is 3. The van der Waals surface area contributed by atoms with E-state index in [0.29, 0.717) is 11.3 Å². The van der Waals surface area contributed by atoms with Crippen molar-refractivity contribution in [1.29, 1.82) is 0 Å². The molecule has 0 spiro atoms. The molecule has 1 atom stereocenters. The van der Waals surface area contributed by atoms with Crippen molar-refractivity contribution in [2.45, 2.75) is 19.6 Å². The van der Waals surface area contributed by atoms with E-state index in [1.54, 1.807) is 6.07 Å². The third-order valence-electron chi connectivity index (χ3n) is 3.85. The number of ether oxygens (including phenoxy) is 2. The lowest BCUT2D eigenvalue weighted by molar-refractivity contribution is -0.119. The fourth-order valence-electron chi connectivity index (χ4n) is 2.71. The molecule has 0 aromatic heterocycles. The molecule has 2 aliphatic rings. The van der Waals surface area contributed by atoms with E-state index in [9.17, 15) is 18.8 Å². The van der Waals surface area contributed by atoms with Gasteiger partial charge in [0, 0.05) is 19.5 Å². The summed E-state index contributed by atoms with van der Waals surface area (Å²) >= 11 is 0. The van der Waals surface area contributed by atoms with Gasteiger partial charge in [0.1, 0.15) is 18.5 Å². The Hall–Kier alpha value is -2.84. The van der Waals surface area contributed by atoms with Crippen LogP contribution in [-0.2, 0) is 20.9 Å². The quantitative estimate of drug-likeness (QED) is 0.900. The predicted molar refractivity (Wildman–Crippen MR) is 81.3 cm³/mol. The molecule has 1 aromatic rings. The lowest BCUT2D eigenvalue weighted by atomic mass is 10.1. The van der Waals surface area contributed by atoms with Crippen LogP contribution in [0.25, 0.3) is 0 Å². The van der Waals surface area contributed by atoms with Crippen LogP contribution >= 0.6 is 0 Å². The first-order valence-corrected chi connectivity index (χ1v) is 7.32. The van der Waals surface area contributed by atoms with Crippen LogP contribution in [0.2, 0.25) is 0 Å². The normalized spacial score (nSPS) is 19.7. The zero-order valence-electron chi connectivity index (χ0n) is 13.2. The molecule has 0 aliphatic carbocycles. The molecule has 0 bridgehead atoms. The van der Waals surface area contributed by atoms with E-state index in [2.05, 4.69) is 5.32 Å². The molecule has 2 aliphatic heterocycles. The first kappa shape index (κ1) is 16.0. The van der Waals surface area contributed by atoms with Gasteiger partial charge in [0.2, 0.25) is 5.91 Å². The molecule has 1 fully saturated rings. The molecule has 1 aromatic carbocycles. The van der Waals surface area contributed by atoms with Crippen LogP contribution in [0.4, 0.5) is 25.4 Å². The number of halogens is 1. The van der Waals surface area contributed by atoms with Gasteiger partial charge in [-0.2, -0.15) is 0 Å². The molecule has 128 valence electrons. The Labute approximate surface area is 137 Å². The highest BCUT2D eigenvalue weighted by Gasteiger charge is 2.34. The van der Waals surface area contributed by atoms with Crippen LogP contribution < -0.4 is 15.1 Å². The smallest absolute Gasteiger partial charge is 0.414 e. The van der Waals surface area contributed by atoms with E-state index >= 15 is 0 Å². The summed E-state index contributed by atoms with van der Waals surface area (Å²) in [4.78, 5) is 36.8. The Balaban J connectivity index is 1.83. The summed E-state index contributed by atoms with van der Waals surface area (Å²) in [5.41, 5.74) is 0.912. The van der Waals surface area contributed by atoms with Gasteiger partial charge in [-0.1, -0.05) is 0 Å². The summed E-state index contributed by atoms with van der Waals surface area (Å²) in [6.07, 6.45) is -1.77. The van der Waals surface area contributed by atoms with Gasteiger partial charge >= 0.3 is 12.2 Å². The maximum atomic E-state index is 14.4. The van der Waals surface area contributed by atoms with E-state index in [1.807, 2.05) is 0 Å². The monoisotopic (exact) mass is 337 g/mol. The van der Waals surface area contributed by atoms with Gasteiger partial charge in [0.25, 0.3) is 0 Å².